The number of benzene rings is 2. The topological polar surface area (TPSA) is 71.7 Å². The van der Waals surface area contributed by atoms with Gasteiger partial charge in [0.25, 0.3) is 5.91 Å². The summed E-state index contributed by atoms with van der Waals surface area (Å²) in [7, 11) is -3.65. The monoisotopic (exact) mass is 495 g/mol. The molecular formula is C23H27F2N3O3S2. The van der Waals surface area contributed by atoms with E-state index in [1.54, 1.807) is 11.5 Å². The molecule has 0 radical (unpaired) electrons. The standard InChI is InChI=1S/C23H27F2N3O3S2/c1-4-7-13-27(6-3)33(30,31)18-10-8-16(9-11-18)22(29)26-23-28(12-5-2)21-19(25)14-17(24)15-20(21)32-23/h8-11,14-15H,4-7,12-13H2,1-3H3. The van der Waals surface area contributed by atoms with Crippen LogP contribution in [0.4, 0.5) is 8.78 Å². The van der Waals surface area contributed by atoms with Crippen molar-refractivity contribution in [3.05, 3.63) is 58.4 Å². The summed E-state index contributed by atoms with van der Waals surface area (Å²) in [6.45, 7) is 6.90. The van der Waals surface area contributed by atoms with Gasteiger partial charge in [-0.15, -0.1) is 0 Å². The van der Waals surface area contributed by atoms with Crippen LogP contribution in [0.15, 0.2) is 46.3 Å². The number of carbonyl (C=O) groups excluding carboxylic acids is 1. The number of halogens is 2. The maximum atomic E-state index is 14.4. The first-order chi connectivity index (χ1) is 15.7. The highest BCUT2D eigenvalue weighted by Gasteiger charge is 2.23. The van der Waals surface area contributed by atoms with Crippen molar-refractivity contribution in [2.24, 2.45) is 4.99 Å². The van der Waals surface area contributed by atoms with E-state index >= 15 is 0 Å². The van der Waals surface area contributed by atoms with Gasteiger partial charge in [-0.3, -0.25) is 4.79 Å². The van der Waals surface area contributed by atoms with E-state index in [-0.39, 0.29) is 20.8 Å². The van der Waals surface area contributed by atoms with Gasteiger partial charge in [-0.2, -0.15) is 9.30 Å². The lowest BCUT2D eigenvalue weighted by atomic mass is 10.2. The molecule has 0 aliphatic carbocycles. The normalized spacial score (nSPS) is 12.7. The Bertz CT molecular complexity index is 1310. The highest BCUT2D eigenvalue weighted by Crippen LogP contribution is 2.23. The fourth-order valence-corrected chi connectivity index (χ4v) is 6.08. The largest absolute Gasteiger partial charge is 0.314 e. The third kappa shape index (κ3) is 5.39. The van der Waals surface area contributed by atoms with Crippen LogP contribution in [0.3, 0.4) is 0 Å². The second-order valence-corrected chi connectivity index (χ2v) is 10.5. The zero-order valence-electron chi connectivity index (χ0n) is 18.8. The molecule has 10 heteroatoms. The Kier molecular flexibility index (Phi) is 8.14. The summed E-state index contributed by atoms with van der Waals surface area (Å²) < 4.78 is 57.1. The molecule has 6 nitrogen and oxygen atoms in total. The fourth-order valence-electron chi connectivity index (χ4n) is 3.50. The van der Waals surface area contributed by atoms with Gasteiger partial charge in [0, 0.05) is 31.3 Å². The average molecular weight is 496 g/mol. The van der Waals surface area contributed by atoms with E-state index in [4.69, 9.17) is 0 Å². The summed E-state index contributed by atoms with van der Waals surface area (Å²) in [5.41, 5.74) is 0.417. The van der Waals surface area contributed by atoms with Gasteiger partial charge >= 0.3 is 0 Å². The quantitative estimate of drug-likeness (QED) is 0.422. The zero-order valence-corrected chi connectivity index (χ0v) is 20.5. The zero-order chi connectivity index (χ0) is 24.2. The number of amides is 1. The highest BCUT2D eigenvalue weighted by molar-refractivity contribution is 7.89. The van der Waals surface area contributed by atoms with Crippen molar-refractivity contribution in [1.29, 1.82) is 0 Å². The second-order valence-electron chi connectivity index (χ2n) is 7.56. The van der Waals surface area contributed by atoms with Gasteiger partial charge in [0.15, 0.2) is 10.6 Å². The lowest BCUT2D eigenvalue weighted by molar-refractivity contribution is 0.0997. The fraction of sp³-hybridized carbons (Fsp3) is 0.391. The predicted octanol–water partition coefficient (Wildman–Crippen LogP) is 4.94. The molecule has 3 rings (SSSR count). The number of thiazole rings is 1. The Labute approximate surface area is 196 Å². The minimum atomic E-state index is -3.65. The minimum Gasteiger partial charge on any atom is -0.314 e. The van der Waals surface area contributed by atoms with Gasteiger partial charge in [-0.1, -0.05) is 38.5 Å². The molecule has 0 atom stereocenters. The number of hydrogen-bond acceptors (Lipinski definition) is 4. The van der Waals surface area contributed by atoms with Gasteiger partial charge in [-0.05, 0) is 43.2 Å². The van der Waals surface area contributed by atoms with Crippen LogP contribution in [0.2, 0.25) is 0 Å². The number of rotatable bonds is 9. The molecule has 0 aliphatic heterocycles. The second kappa shape index (κ2) is 10.7. The summed E-state index contributed by atoms with van der Waals surface area (Å²) in [4.78, 5) is 17.3. The van der Waals surface area contributed by atoms with Crippen molar-refractivity contribution < 1.29 is 22.0 Å². The maximum Gasteiger partial charge on any atom is 0.279 e. The predicted molar refractivity (Wildman–Crippen MR) is 126 cm³/mol. The van der Waals surface area contributed by atoms with E-state index in [2.05, 4.69) is 4.99 Å². The molecule has 1 heterocycles. The molecule has 0 saturated carbocycles. The Balaban J connectivity index is 1.96. The average Bonchev–Trinajstić information content (AvgIpc) is 3.11. The number of sulfonamides is 1. The van der Waals surface area contributed by atoms with Crippen LogP contribution in [-0.2, 0) is 16.6 Å². The molecule has 0 saturated heterocycles. The van der Waals surface area contributed by atoms with Crippen LogP contribution in [-0.4, -0.2) is 36.3 Å². The van der Waals surface area contributed by atoms with Crippen molar-refractivity contribution in [2.45, 2.75) is 51.5 Å². The molecule has 1 aromatic heterocycles. The number of fused-ring (bicyclic) bond motifs is 1. The molecule has 0 spiro atoms. The Morgan fingerprint density at radius 2 is 1.79 bits per heavy atom. The summed E-state index contributed by atoms with van der Waals surface area (Å²) >= 11 is 1.03. The summed E-state index contributed by atoms with van der Waals surface area (Å²) in [5.74, 6) is -1.99. The molecule has 0 unspecified atom stereocenters. The number of unbranched alkanes of at least 4 members (excludes halogenated alkanes) is 1. The maximum absolute atomic E-state index is 14.4. The van der Waals surface area contributed by atoms with E-state index in [1.807, 2.05) is 13.8 Å². The van der Waals surface area contributed by atoms with Crippen LogP contribution < -0.4 is 4.80 Å². The Morgan fingerprint density at radius 3 is 2.39 bits per heavy atom. The van der Waals surface area contributed by atoms with Crippen molar-refractivity contribution in [3.8, 4) is 0 Å². The van der Waals surface area contributed by atoms with Gasteiger partial charge in [0.1, 0.15) is 5.82 Å². The number of carbonyl (C=O) groups is 1. The number of aromatic nitrogens is 1. The minimum absolute atomic E-state index is 0.109. The van der Waals surface area contributed by atoms with Gasteiger partial charge in [0.2, 0.25) is 10.0 Å². The number of nitrogens with zero attached hydrogens (tertiary/aromatic N) is 3. The van der Waals surface area contributed by atoms with E-state index in [1.165, 1.54) is 34.6 Å². The van der Waals surface area contributed by atoms with E-state index in [0.717, 1.165) is 30.2 Å². The van der Waals surface area contributed by atoms with Gasteiger partial charge in [-0.25, -0.2) is 17.2 Å². The molecule has 2 aromatic carbocycles. The van der Waals surface area contributed by atoms with Crippen LogP contribution in [0.1, 0.15) is 50.4 Å². The van der Waals surface area contributed by atoms with Crippen LogP contribution in [0.5, 0.6) is 0 Å². The lowest BCUT2D eigenvalue weighted by Gasteiger charge is -2.20. The Morgan fingerprint density at radius 1 is 1.09 bits per heavy atom. The van der Waals surface area contributed by atoms with Crippen molar-refractivity contribution >= 4 is 37.5 Å². The van der Waals surface area contributed by atoms with E-state index in [9.17, 15) is 22.0 Å². The molecule has 0 aliphatic rings. The number of hydrogen-bond donors (Lipinski definition) is 0. The summed E-state index contributed by atoms with van der Waals surface area (Å²) in [6.07, 6.45) is 2.32. The van der Waals surface area contributed by atoms with E-state index in [0.29, 0.717) is 30.8 Å². The highest BCUT2D eigenvalue weighted by atomic mass is 32.2. The Hall–Kier alpha value is -2.43. The number of aryl methyl sites for hydroxylation is 1. The molecule has 0 fully saturated rings. The third-order valence-electron chi connectivity index (χ3n) is 5.19. The van der Waals surface area contributed by atoms with Crippen LogP contribution >= 0.6 is 11.3 Å². The summed E-state index contributed by atoms with van der Waals surface area (Å²) in [6, 6.07) is 7.66. The SMILES string of the molecule is CCCCN(CC)S(=O)(=O)c1ccc(C(=O)N=c2sc3cc(F)cc(F)c3n2CCC)cc1. The van der Waals surface area contributed by atoms with Crippen molar-refractivity contribution in [2.75, 3.05) is 13.1 Å². The molecular weight excluding hydrogens is 468 g/mol. The van der Waals surface area contributed by atoms with E-state index < -0.39 is 27.6 Å². The molecule has 33 heavy (non-hydrogen) atoms. The molecule has 3 aromatic rings. The molecule has 1 amide bonds. The lowest BCUT2D eigenvalue weighted by Crippen LogP contribution is -2.31. The van der Waals surface area contributed by atoms with Gasteiger partial charge < -0.3 is 4.57 Å². The van der Waals surface area contributed by atoms with Crippen LogP contribution in [0.25, 0.3) is 10.2 Å². The van der Waals surface area contributed by atoms with Gasteiger partial charge in [0.05, 0.1) is 15.1 Å². The summed E-state index contributed by atoms with van der Waals surface area (Å²) in [5, 5.41) is 0. The molecule has 178 valence electrons. The smallest absolute Gasteiger partial charge is 0.279 e. The first-order valence-electron chi connectivity index (χ1n) is 10.9. The molecule has 0 bridgehead atoms. The molecule has 0 N–H and O–H groups in total. The van der Waals surface area contributed by atoms with Crippen LogP contribution in [0, 0.1) is 11.6 Å². The van der Waals surface area contributed by atoms with Crippen molar-refractivity contribution in [3.63, 3.8) is 0 Å². The first kappa shape index (κ1) is 25.2. The van der Waals surface area contributed by atoms with Crippen molar-refractivity contribution in [1.82, 2.24) is 8.87 Å². The first-order valence-corrected chi connectivity index (χ1v) is 13.2. The third-order valence-corrected chi connectivity index (χ3v) is 8.21.